The van der Waals surface area contributed by atoms with Gasteiger partial charge in [-0.15, -0.1) is 0 Å². The van der Waals surface area contributed by atoms with Gasteiger partial charge in [0, 0.05) is 23.7 Å². The third-order valence-corrected chi connectivity index (χ3v) is 4.34. The van der Waals surface area contributed by atoms with E-state index in [0.29, 0.717) is 41.3 Å². The maximum Gasteiger partial charge on any atom is 0.330 e. The van der Waals surface area contributed by atoms with E-state index < -0.39 is 12.0 Å². The summed E-state index contributed by atoms with van der Waals surface area (Å²) in [5.41, 5.74) is 6.97. The molecule has 0 aliphatic rings. The number of carbonyl (C=O) groups is 2. The van der Waals surface area contributed by atoms with E-state index in [9.17, 15) is 14.7 Å². The second-order valence-corrected chi connectivity index (χ2v) is 7.50. The van der Waals surface area contributed by atoms with Crippen LogP contribution in [0.1, 0.15) is 44.4 Å². The van der Waals surface area contributed by atoms with E-state index in [-0.39, 0.29) is 24.1 Å². The molecule has 5 N–H and O–H groups in total. The number of nitrogens with one attached hydrogen (secondary N) is 2. The predicted octanol–water partition coefficient (Wildman–Crippen LogP) is 3.60. The average Bonchev–Trinajstić information content (AvgIpc) is 2.70. The van der Waals surface area contributed by atoms with Gasteiger partial charge in [0.1, 0.15) is 23.9 Å². The van der Waals surface area contributed by atoms with E-state index in [2.05, 4.69) is 5.32 Å². The highest BCUT2D eigenvalue weighted by atomic mass is 16.5. The van der Waals surface area contributed by atoms with Crippen molar-refractivity contribution in [2.75, 3.05) is 18.5 Å². The molecule has 0 saturated carbocycles. The first-order chi connectivity index (χ1) is 14.7. The number of rotatable bonds is 12. The Balaban J connectivity index is 2.27. The summed E-state index contributed by atoms with van der Waals surface area (Å²) in [7, 11) is 0. The lowest BCUT2D eigenvalue weighted by atomic mass is 10.0. The van der Waals surface area contributed by atoms with Crippen LogP contribution < -0.4 is 20.5 Å². The number of amidine groups is 1. The van der Waals surface area contributed by atoms with Gasteiger partial charge < -0.3 is 25.6 Å². The summed E-state index contributed by atoms with van der Waals surface area (Å²) in [5, 5.41) is 20.2. The van der Waals surface area contributed by atoms with Crippen LogP contribution in [0.2, 0.25) is 0 Å². The molecule has 2 rings (SSSR count). The quantitative estimate of drug-likeness (QED) is 0.300. The lowest BCUT2D eigenvalue weighted by Gasteiger charge is -2.19. The molecule has 8 nitrogen and oxygen atoms in total. The van der Waals surface area contributed by atoms with Crippen molar-refractivity contribution in [1.82, 2.24) is 0 Å². The van der Waals surface area contributed by atoms with E-state index in [0.717, 1.165) is 0 Å². The number of benzene rings is 2. The second-order valence-electron chi connectivity index (χ2n) is 7.50. The van der Waals surface area contributed by atoms with Crippen LogP contribution in [-0.2, 0) is 9.59 Å². The molecule has 166 valence electrons. The monoisotopic (exact) mass is 427 g/mol. The maximum absolute atomic E-state index is 12.0. The number of anilines is 1. The molecule has 2 aromatic carbocycles. The average molecular weight is 428 g/mol. The van der Waals surface area contributed by atoms with Gasteiger partial charge in [-0.25, -0.2) is 4.79 Å². The Hall–Kier alpha value is -3.55. The van der Waals surface area contributed by atoms with Crippen molar-refractivity contribution in [2.45, 2.75) is 33.2 Å². The summed E-state index contributed by atoms with van der Waals surface area (Å²) >= 11 is 0. The van der Waals surface area contributed by atoms with E-state index in [1.807, 2.05) is 20.8 Å². The molecule has 0 aliphatic heterocycles. The number of carbonyl (C=O) groups excluding carboxylic acids is 1. The standard InChI is InChI=1S/C23H29N3O5/c1-4-30-19-10-16(11-20(12-19)31-13-18(27)9-14(2)3)21(23(28)29)26-17-7-5-15(6-8-17)22(24)25/h5-8,10-12,14,21,26H,4,9,13H2,1-3H3,(H3,24,25)(H,28,29)/t21-/m1/s1. The van der Waals surface area contributed by atoms with Crippen molar-refractivity contribution in [2.24, 2.45) is 11.7 Å². The van der Waals surface area contributed by atoms with E-state index in [4.69, 9.17) is 20.6 Å². The normalized spacial score (nSPS) is 11.6. The fourth-order valence-electron chi connectivity index (χ4n) is 2.97. The predicted molar refractivity (Wildman–Crippen MR) is 119 cm³/mol. The molecule has 0 radical (unpaired) electrons. The number of aliphatic carboxylic acids is 1. The van der Waals surface area contributed by atoms with Crippen LogP contribution >= 0.6 is 0 Å². The van der Waals surface area contributed by atoms with E-state index in [1.165, 1.54) is 0 Å². The van der Waals surface area contributed by atoms with Gasteiger partial charge in [-0.1, -0.05) is 13.8 Å². The molecule has 0 fully saturated rings. The van der Waals surface area contributed by atoms with Gasteiger partial charge in [-0.2, -0.15) is 0 Å². The van der Waals surface area contributed by atoms with Gasteiger partial charge in [0.2, 0.25) is 0 Å². The Labute approximate surface area is 181 Å². The largest absolute Gasteiger partial charge is 0.494 e. The number of nitrogens with two attached hydrogens (primary N) is 1. The molecule has 2 aromatic rings. The first-order valence-electron chi connectivity index (χ1n) is 10.1. The molecule has 8 heteroatoms. The van der Waals surface area contributed by atoms with Crippen LogP contribution in [0.3, 0.4) is 0 Å². The van der Waals surface area contributed by atoms with Crippen LogP contribution in [0.25, 0.3) is 0 Å². The van der Waals surface area contributed by atoms with Gasteiger partial charge in [-0.05, 0) is 54.8 Å². The summed E-state index contributed by atoms with van der Waals surface area (Å²) in [6.45, 7) is 6.04. The lowest BCUT2D eigenvalue weighted by Crippen LogP contribution is -2.21. The zero-order chi connectivity index (χ0) is 23.0. The second kappa shape index (κ2) is 11.0. The number of carboxylic acid groups (broad SMARTS) is 1. The zero-order valence-corrected chi connectivity index (χ0v) is 18.0. The first kappa shape index (κ1) is 23.7. The zero-order valence-electron chi connectivity index (χ0n) is 18.0. The molecule has 1 atom stereocenters. The minimum absolute atomic E-state index is 0.0307. The number of Topliss-reactive ketones (excluding diaryl/α,β-unsaturated/α-hetero) is 1. The van der Waals surface area contributed by atoms with Crippen molar-refractivity contribution in [3.63, 3.8) is 0 Å². The number of nitrogen functional groups attached to an aromatic ring is 1. The molecular formula is C23H29N3O5. The van der Waals surface area contributed by atoms with Gasteiger partial charge in [0.15, 0.2) is 11.8 Å². The Morgan fingerprint density at radius 3 is 2.23 bits per heavy atom. The van der Waals surface area contributed by atoms with Crippen molar-refractivity contribution < 1.29 is 24.2 Å². The minimum atomic E-state index is -1.09. The first-order valence-corrected chi connectivity index (χ1v) is 10.1. The van der Waals surface area contributed by atoms with Crippen molar-refractivity contribution in [3.05, 3.63) is 53.6 Å². The molecule has 0 aromatic heterocycles. The molecule has 0 saturated heterocycles. The molecule has 0 heterocycles. The molecule has 0 spiro atoms. The Kier molecular flexibility index (Phi) is 8.43. The van der Waals surface area contributed by atoms with Crippen LogP contribution in [0.4, 0.5) is 5.69 Å². The van der Waals surface area contributed by atoms with Crippen molar-refractivity contribution in [3.8, 4) is 11.5 Å². The Morgan fingerprint density at radius 2 is 1.71 bits per heavy atom. The number of hydrogen-bond acceptors (Lipinski definition) is 6. The van der Waals surface area contributed by atoms with Crippen LogP contribution in [0.15, 0.2) is 42.5 Å². The summed E-state index contributed by atoms with van der Waals surface area (Å²) < 4.78 is 11.2. The third kappa shape index (κ3) is 7.33. The van der Waals surface area contributed by atoms with E-state index in [1.54, 1.807) is 42.5 Å². The van der Waals surface area contributed by atoms with Crippen molar-refractivity contribution in [1.29, 1.82) is 5.41 Å². The fraction of sp³-hybridized carbons (Fsp3) is 0.348. The Bertz CT molecular complexity index is 925. The van der Waals surface area contributed by atoms with Gasteiger partial charge in [0.25, 0.3) is 0 Å². The van der Waals surface area contributed by atoms with Gasteiger partial charge >= 0.3 is 5.97 Å². The van der Waals surface area contributed by atoms with Gasteiger partial charge in [-0.3, -0.25) is 10.2 Å². The summed E-state index contributed by atoms with van der Waals surface area (Å²) in [5.74, 6) is -0.150. The maximum atomic E-state index is 12.0. The van der Waals surface area contributed by atoms with Crippen LogP contribution in [0.5, 0.6) is 11.5 Å². The highest BCUT2D eigenvalue weighted by Gasteiger charge is 2.22. The smallest absolute Gasteiger partial charge is 0.330 e. The highest BCUT2D eigenvalue weighted by molar-refractivity contribution is 5.95. The number of carboxylic acids is 1. The highest BCUT2D eigenvalue weighted by Crippen LogP contribution is 2.29. The summed E-state index contributed by atoms with van der Waals surface area (Å²) in [6.07, 6.45) is 0.410. The third-order valence-electron chi connectivity index (χ3n) is 4.34. The van der Waals surface area contributed by atoms with Gasteiger partial charge in [0.05, 0.1) is 6.61 Å². The molecule has 0 aliphatic carbocycles. The van der Waals surface area contributed by atoms with E-state index >= 15 is 0 Å². The topological polar surface area (TPSA) is 135 Å². The molecule has 0 unspecified atom stereocenters. The van der Waals surface area contributed by atoms with Crippen LogP contribution in [-0.4, -0.2) is 35.9 Å². The molecule has 0 amide bonds. The SMILES string of the molecule is CCOc1cc(OCC(=O)CC(C)C)cc([C@@H](Nc2ccc(C(=N)N)cc2)C(=O)O)c1. The number of ketones is 1. The summed E-state index contributed by atoms with van der Waals surface area (Å²) in [4.78, 5) is 24.0. The number of ether oxygens (including phenoxy) is 2. The van der Waals surface area contributed by atoms with Crippen molar-refractivity contribution >= 4 is 23.3 Å². The minimum Gasteiger partial charge on any atom is -0.494 e. The summed E-state index contributed by atoms with van der Waals surface area (Å²) in [6, 6.07) is 10.3. The fourth-order valence-corrected chi connectivity index (χ4v) is 2.97. The van der Waals surface area contributed by atoms with Crippen LogP contribution in [0, 0.1) is 11.3 Å². The molecule has 0 bridgehead atoms. The lowest BCUT2D eigenvalue weighted by molar-refractivity contribution is -0.138. The Morgan fingerprint density at radius 1 is 1.10 bits per heavy atom. The number of hydrogen-bond donors (Lipinski definition) is 4. The molecule has 31 heavy (non-hydrogen) atoms. The molecular weight excluding hydrogens is 398 g/mol.